The van der Waals surface area contributed by atoms with Crippen LogP contribution in [0, 0.1) is 5.92 Å². The van der Waals surface area contributed by atoms with Crippen LogP contribution in [0.5, 0.6) is 0 Å². The molecule has 0 spiro atoms. The van der Waals surface area contributed by atoms with Gasteiger partial charge in [-0.1, -0.05) is 64.3 Å². The number of cyclic esters (lactones) is 1. The number of allylic oxidation sites excluding steroid dienone is 1. The number of carbonyl (C=O) groups is 4. The molecule has 12 heteroatoms. The molecule has 2 amide bonds. The monoisotopic (exact) mass is 622 g/mol. The molecule has 2 aliphatic rings. The van der Waals surface area contributed by atoms with E-state index in [4.69, 9.17) is 4.74 Å². The zero-order chi connectivity index (χ0) is 29.8. The van der Waals surface area contributed by atoms with Crippen LogP contribution >= 0.6 is 34.9 Å². The van der Waals surface area contributed by atoms with Crippen LogP contribution in [-0.4, -0.2) is 62.1 Å². The Morgan fingerprint density at radius 1 is 1.24 bits per heavy atom. The Labute approximate surface area is 255 Å². The van der Waals surface area contributed by atoms with E-state index in [9.17, 15) is 19.2 Å². The molecule has 3 heterocycles. The Balaban J connectivity index is 1.66. The molecule has 226 valence electrons. The van der Waals surface area contributed by atoms with Gasteiger partial charge in [-0.3, -0.25) is 19.4 Å². The van der Waals surface area contributed by atoms with Gasteiger partial charge in [0.25, 0.3) is 0 Å². The maximum Gasteiger partial charge on any atom is 0.329 e. The van der Waals surface area contributed by atoms with Crippen LogP contribution in [0.1, 0.15) is 89.8 Å². The molecule has 0 saturated carbocycles. The summed E-state index contributed by atoms with van der Waals surface area (Å²) in [5.74, 6) is -0.424. The first kappa shape index (κ1) is 33.3. The Bertz CT molecular complexity index is 1140. The predicted octanol–water partition coefficient (Wildman–Crippen LogP) is 5.03. The molecule has 4 bridgehead atoms. The fraction of sp³-hybridized carbons (Fsp3) is 0.655. The van der Waals surface area contributed by atoms with E-state index in [0.717, 1.165) is 17.8 Å². The zero-order valence-corrected chi connectivity index (χ0v) is 26.9. The highest BCUT2D eigenvalue weighted by atomic mass is 32.2. The van der Waals surface area contributed by atoms with Gasteiger partial charge in [0.2, 0.25) is 11.8 Å². The summed E-state index contributed by atoms with van der Waals surface area (Å²) >= 11 is 4.18. The lowest BCUT2D eigenvalue weighted by atomic mass is 10.0. The first-order chi connectivity index (χ1) is 19.6. The predicted molar refractivity (Wildman–Crippen MR) is 167 cm³/mol. The Morgan fingerprint density at radius 3 is 2.78 bits per heavy atom. The number of ether oxygens (including phenoxy) is 1. The third-order valence-electron chi connectivity index (χ3n) is 6.78. The van der Waals surface area contributed by atoms with E-state index in [-0.39, 0.29) is 35.8 Å². The van der Waals surface area contributed by atoms with Crippen LogP contribution in [0.3, 0.4) is 0 Å². The molecule has 2 aliphatic heterocycles. The third kappa shape index (κ3) is 10.6. The number of nitrogens with zero attached hydrogens (tertiary/aromatic N) is 2. The van der Waals surface area contributed by atoms with Crippen molar-refractivity contribution in [3.63, 3.8) is 0 Å². The summed E-state index contributed by atoms with van der Waals surface area (Å²) in [6, 6.07) is -0.896. The van der Waals surface area contributed by atoms with Crippen molar-refractivity contribution in [1.82, 2.24) is 15.6 Å². The van der Waals surface area contributed by atoms with Crippen molar-refractivity contribution in [1.29, 1.82) is 0 Å². The number of fused-ring (bicyclic) bond motifs is 4. The minimum Gasteiger partial charge on any atom is -0.456 e. The number of thiazole rings is 1. The molecule has 3 rings (SSSR count). The lowest BCUT2D eigenvalue weighted by molar-refractivity contribution is -0.153. The van der Waals surface area contributed by atoms with Gasteiger partial charge in [0.15, 0.2) is 5.12 Å². The molecule has 2 N–H and O–H groups in total. The van der Waals surface area contributed by atoms with E-state index in [0.29, 0.717) is 35.1 Å². The van der Waals surface area contributed by atoms with Gasteiger partial charge < -0.3 is 15.4 Å². The number of hydrogen-bond acceptors (Lipinski definition) is 10. The number of amides is 2. The SMILES string of the molecule is CCCCCCCC(=O)SCC/C=C/C1CC(=O)NCc2nc(cs2)C2=N[C@@](C)(CS2)C(=O)N[C@H](C(C)C)C(=O)O1. The Morgan fingerprint density at radius 2 is 2.02 bits per heavy atom. The number of esters is 1. The molecule has 0 fully saturated rings. The van der Waals surface area contributed by atoms with E-state index in [1.54, 1.807) is 13.0 Å². The molecule has 1 aromatic heterocycles. The topological polar surface area (TPSA) is 127 Å². The van der Waals surface area contributed by atoms with Crippen LogP contribution in [0.25, 0.3) is 0 Å². The largest absolute Gasteiger partial charge is 0.456 e. The van der Waals surface area contributed by atoms with Crippen LogP contribution in [-0.2, 0) is 30.5 Å². The van der Waals surface area contributed by atoms with E-state index in [1.807, 2.05) is 25.3 Å². The van der Waals surface area contributed by atoms with E-state index < -0.39 is 23.7 Å². The lowest BCUT2D eigenvalue weighted by Crippen LogP contribution is -2.53. The maximum atomic E-state index is 13.3. The summed E-state index contributed by atoms with van der Waals surface area (Å²) < 4.78 is 5.77. The summed E-state index contributed by atoms with van der Waals surface area (Å²) in [6.07, 6.45) is 9.42. The number of aromatic nitrogens is 1. The van der Waals surface area contributed by atoms with Crippen LogP contribution in [0.4, 0.5) is 0 Å². The van der Waals surface area contributed by atoms with Crippen molar-refractivity contribution in [3.05, 3.63) is 28.2 Å². The molecule has 0 saturated heterocycles. The van der Waals surface area contributed by atoms with Crippen LogP contribution in [0.2, 0.25) is 0 Å². The second kappa shape index (κ2) is 16.5. The average molecular weight is 623 g/mol. The molecule has 9 nitrogen and oxygen atoms in total. The van der Waals surface area contributed by atoms with Gasteiger partial charge in [-0.05, 0) is 31.8 Å². The maximum absolute atomic E-state index is 13.3. The standard InChI is InChI=1S/C29H42N4O5S3/c1-5-6-7-8-9-13-24(35)39-14-11-10-12-20-15-22(34)30-16-23-31-21(17-40-23)26-33-29(4,18-41-26)28(37)32-25(19(2)3)27(36)38-20/h10,12,17,19-20,25H,5-9,11,13-16,18H2,1-4H3,(H,30,34)(H,32,37)/b12-10+/t20?,25-,29+/m1/s1. The fourth-order valence-corrected chi connectivity index (χ4v) is 6.96. The number of nitrogens with one attached hydrogen (secondary N) is 2. The molecular weight excluding hydrogens is 581 g/mol. The first-order valence-corrected chi connectivity index (χ1v) is 17.2. The number of thioether (sulfide) groups is 2. The fourth-order valence-electron chi connectivity index (χ4n) is 4.26. The van der Waals surface area contributed by atoms with Crippen molar-refractivity contribution in [2.24, 2.45) is 10.9 Å². The summed E-state index contributed by atoms with van der Waals surface area (Å²) in [5.41, 5.74) is -0.354. The molecule has 1 aromatic rings. The minimum atomic E-state index is -1.04. The van der Waals surface area contributed by atoms with Crippen molar-refractivity contribution < 1.29 is 23.9 Å². The number of carbonyl (C=O) groups excluding carboxylic acids is 4. The van der Waals surface area contributed by atoms with Crippen molar-refractivity contribution in [2.75, 3.05) is 11.5 Å². The molecular formula is C29H42N4O5S3. The van der Waals surface area contributed by atoms with E-state index in [1.165, 1.54) is 54.1 Å². The van der Waals surface area contributed by atoms with Crippen molar-refractivity contribution in [3.8, 4) is 0 Å². The van der Waals surface area contributed by atoms with E-state index in [2.05, 4.69) is 27.5 Å². The highest BCUT2D eigenvalue weighted by Gasteiger charge is 2.41. The van der Waals surface area contributed by atoms with Gasteiger partial charge in [0, 0.05) is 23.3 Å². The van der Waals surface area contributed by atoms with Gasteiger partial charge in [-0.25, -0.2) is 9.78 Å². The minimum absolute atomic E-state index is 0.0661. The highest BCUT2D eigenvalue weighted by Crippen LogP contribution is 2.32. The summed E-state index contributed by atoms with van der Waals surface area (Å²) in [5, 5.41) is 9.17. The highest BCUT2D eigenvalue weighted by molar-refractivity contribution is 8.14. The number of hydrogen-bond donors (Lipinski definition) is 2. The average Bonchev–Trinajstić information content (AvgIpc) is 3.56. The molecule has 1 unspecified atom stereocenters. The van der Waals surface area contributed by atoms with E-state index >= 15 is 0 Å². The van der Waals surface area contributed by atoms with Crippen LogP contribution < -0.4 is 10.6 Å². The third-order valence-corrected chi connectivity index (χ3v) is 9.87. The molecule has 3 atom stereocenters. The van der Waals surface area contributed by atoms with Crippen LogP contribution in [0.15, 0.2) is 22.5 Å². The van der Waals surface area contributed by atoms with Gasteiger partial charge >= 0.3 is 5.97 Å². The first-order valence-electron chi connectivity index (χ1n) is 14.4. The summed E-state index contributed by atoms with van der Waals surface area (Å²) in [4.78, 5) is 60.7. The lowest BCUT2D eigenvalue weighted by Gasteiger charge is -2.27. The molecule has 41 heavy (non-hydrogen) atoms. The second-order valence-corrected chi connectivity index (χ2v) is 13.9. The number of unbranched alkanes of at least 4 members (excludes halogenated alkanes) is 4. The van der Waals surface area contributed by atoms with Crippen molar-refractivity contribution in [2.45, 2.75) is 103 Å². The normalized spacial score (nSPS) is 23.8. The Kier molecular flexibility index (Phi) is 13.4. The van der Waals surface area contributed by atoms with Gasteiger partial charge in [0.05, 0.1) is 13.0 Å². The molecule has 0 aromatic carbocycles. The summed E-state index contributed by atoms with van der Waals surface area (Å²) in [6.45, 7) is 7.83. The molecule has 0 radical (unpaired) electrons. The number of rotatable bonds is 11. The smallest absolute Gasteiger partial charge is 0.329 e. The number of aliphatic imine (C=N–C) groups is 1. The zero-order valence-electron chi connectivity index (χ0n) is 24.4. The summed E-state index contributed by atoms with van der Waals surface area (Å²) in [7, 11) is 0. The van der Waals surface area contributed by atoms with Gasteiger partial charge in [-0.15, -0.1) is 23.1 Å². The quantitative estimate of drug-likeness (QED) is 0.200. The van der Waals surface area contributed by atoms with Gasteiger partial charge in [0.1, 0.15) is 33.4 Å². The Hall–Kier alpha value is -2.18. The second-order valence-electron chi connectivity index (χ2n) is 10.9. The van der Waals surface area contributed by atoms with Crippen molar-refractivity contribution >= 4 is 62.8 Å². The van der Waals surface area contributed by atoms with Gasteiger partial charge in [-0.2, -0.15) is 0 Å². The molecule has 0 aliphatic carbocycles.